The summed E-state index contributed by atoms with van der Waals surface area (Å²) in [5.41, 5.74) is 2.59. The maximum absolute atomic E-state index is 12.9. The number of nitrogens with zero attached hydrogens (tertiary/aromatic N) is 1. The molecule has 0 atom stereocenters. The molecule has 0 unspecified atom stereocenters. The summed E-state index contributed by atoms with van der Waals surface area (Å²) in [6.07, 6.45) is 0. The van der Waals surface area contributed by atoms with Gasteiger partial charge in [-0.2, -0.15) is 0 Å². The van der Waals surface area contributed by atoms with Crippen LogP contribution in [0.3, 0.4) is 0 Å². The van der Waals surface area contributed by atoms with Gasteiger partial charge in [0, 0.05) is 32.0 Å². The maximum Gasteiger partial charge on any atom is 0.243 e. The van der Waals surface area contributed by atoms with Gasteiger partial charge in [0.2, 0.25) is 5.91 Å². The highest BCUT2D eigenvalue weighted by atomic mass is 19.1. The van der Waals surface area contributed by atoms with Gasteiger partial charge < -0.3 is 25.4 Å². The Kier molecular flexibility index (Phi) is 8.91. The Morgan fingerprint density at radius 2 is 1.86 bits per heavy atom. The number of aliphatic imine (C=N–C) groups is 1. The highest BCUT2D eigenvalue weighted by Crippen LogP contribution is 2.20. The summed E-state index contributed by atoms with van der Waals surface area (Å²) < 4.78 is 23.7. The number of nitrogens with one attached hydrogen (secondary N) is 3. The minimum atomic E-state index is -0.354. The van der Waals surface area contributed by atoms with Gasteiger partial charge in [-0.3, -0.25) is 9.79 Å². The lowest BCUT2D eigenvalue weighted by Crippen LogP contribution is -2.41. The smallest absolute Gasteiger partial charge is 0.243 e. The fourth-order valence-corrected chi connectivity index (χ4v) is 2.48. The van der Waals surface area contributed by atoms with Crippen molar-refractivity contribution in [2.45, 2.75) is 13.5 Å². The first-order valence-corrected chi connectivity index (χ1v) is 9.23. The third-order valence-electron chi connectivity index (χ3n) is 3.98. The van der Waals surface area contributed by atoms with Crippen LogP contribution in [0.5, 0.6) is 5.75 Å². The molecule has 0 radical (unpaired) electrons. The highest BCUT2D eigenvalue weighted by Gasteiger charge is 2.08. The van der Waals surface area contributed by atoms with Crippen LogP contribution in [0.4, 0.5) is 10.1 Å². The molecule has 0 aliphatic carbocycles. The van der Waals surface area contributed by atoms with Crippen molar-refractivity contribution in [3.63, 3.8) is 0 Å². The predicted molar refractivity (Wildman–Crippen MR) is 112 cm³/mol. The van der Waals surface area contributed by atoms with Gasteiger partial charge in [0.05, 0.1) is 13.2 Å². The number of benzene rings is 2. The molecule has 156 valence electrons. The summed E-state index contributed by atoms with van der Waals surface area (Å²) in [6.45, 7) is 3.46. The Morgan fingerprint density at radius 3 is 2.55 bits per heavy atom. The number of amides is 1. The van der Waals surface area contributed by atoms with Crippen molar-refractivity contribution in [1.29, 1.82) is 0 Å². The van der Waals surface area contributed by atoms with Gasteiger partial charge in [-0.05, 0) is 42.8 Å². The van der Waals surface area contributed by atoms with E-state index in [1.54, 1.807) is 14.2 Å². The van der Waals surface area contributed by atoms with Crippen LogP contribution in [0.2, 0.25) is 0 Å². The number of aryl methyl sites for hydroxylation is 1. The lowest BCUT2D eigenvalue weighted by molar-refractivity contribution is -0.115. The maximum atomic E-state index is 12.9. The first kappa shape index (κ1) is 22.2. The minimum absolute atomic E-state index is 0.0160. The van der Waals surface area contributed by atoms with Crippen molar-refractivity contribution >= 4 is 17.6 Å². The molecule has 0 aliphatic rings. The summed E-state index contributed by atoms with van der Waals surface area (Å²) >= 11 is 0. The Balaban J connectivity index is 1.85. The van der Waals surface area contributed by atoms with Gasteiger partial charge in [0.1, 0.15) is 18.2 Å². The molecule has 0 fully saturated rings. The second-order valence-corrected chi connectivity index (χ2v) is 6.29. The van der Waals surface area contributed by atoms with Crippen LogP contribution < -0.4 is 20.7 Å². The van der Waals surface area contributed by atoms with Gasteiger partial charge in [-0.25, -0.2) is 4.39 Å². The van der Waals surface area contributed by atoms with Crippen molar-refractivity contribution in [1.82, 2.24) is 10.6 Å². The number of anilines is 1. The Labute approximate surface area is 170 Å². The zero-order valence-corrected chi connectivity index (χ0v) is 16.9. The van der Waals surface area contributed by atoms with Crippen LogP contribution in [0.15, 0.2) is 47.5 Å². The van der Waals surface area contributed by atoms with Gasteiger partial charge in [0.15, 0.2) is 5.96 Å². The van der Waals surface area contributed by atoms with Crippen LogP contribution in [0, 0.1) is 12.7 Å². The molecule has 0 spiro atoms. The predicted octanol–water partition coefficient (Wildman–Crippen LogP) is 2.46. The van der Waals surface area contributed by atoms with Crippen LogP contribution in [0.1, 0.15) is 11.1 Å². The molecule has 7 nitrogen and oxygen atoms in total. The molecular weight excluding hydrogens is 375 g/mol. The lowest BCUT2D eigenvalue weighted by atomic mass is 10.1. The Hall–Kier alpha value is -3.13. The molecule has 2 aromatic carbocycles. The van der Waals surface area contributed by atoms with E-state index in [-0.39, 0.29) is 18.3 Å². The molecule has 0 bridgehead atoms. The molecule has 29 heavy (non-hydrogen) atoms. The number of hydrogen-bond donors (Lipinski definition) is 3. The van der Waals surface area contributed by atoms with Crippen molar-refractivity contribution in [2.75, 3.05) is 39.2 Å². The zero-order chi connectivity index (χ0) is 21.1. The molecule has 0 aliphatic heterocycles. The van der Waals surface area contributed by atoms with Crippen molar-refractivity contribution in [2.24, 2.45) is 4.99 Å². The topological polar surface area (TPSA) is 84.0 Å². The van der Waals surface area contributed by atoms with E-state index in [2.05, 4.69) is 20.9 Å². The number of hydrogen-bond acceptors (Lipinski definition) is 4. The Morgan fingerprint density at radius 1 is 1.10 bits per heavy atom. The van der Waals surface area contributed by atoms with Crippen LogP contribution in [-0.2, 0) is 16.1 Å². The largest absolute Gasteiger partial charge is 0.491 e. The molecule has 0 saturated heterocycles. The molecule has 2 rings (SSSR count). The fraction of sp³-hybridized carbons (Fsp3) is 0.333. The number of rotatable bonds is 9. The summed E-state index contributed by atoms with van der Waals surface area (Å²) in [4.78, 5) is 16.2. The third-order valence-corrected chi connectivity index (χ3v) is 3.98. The minimum Gasteiger partial charge on any atom is -0.491 e. The SMILES string of the molecule is CN=C(NCC(=O)Nc1ccc(F)cc1)NCc1ccc(C)cc1OCCOC. The molecule has 0 heterocycles. The van der Waals surface area contributed by atoms with Gasteiger partial charge >= 0.3 is 0 Å². The molecule has 2 aromatic rings. The Bertz CT molecular complexity index is 825. The van der Waals surface area contributed by atoms with E-state index in [4.69, 9.17) is 9.47 Å². The fourth-order valence-electron chi connectivity index (χ4n) is 2.48. The summed E-state index contributed by atoms with van der Waals surface area (Å²) in [5, 5.41) is 8.79. The van der Waals surface area contributed by atoms with Gasteiger partial charge in [-0.1, -0.05) is 12.1 Å². The standard InChI is InChI=1S/C21H27FN4O3/c1-15-4-5-16(19(12-15)29-11-10-28-3)13-24-21(23-2)25-14-20(27)26-18-8-6-17(22)7-9-18/h4-9,12H,10-11,13-14H2,1-3H3,(H,26,27)(H2,23,24,25). The van der Waals surface area contributed by atoms with Crippen LogP contribution in [-0.4, -0.2) is 45.8 Å². The van der Waals surface area contributed by atoms with Crippen molar-refractivity contribution < 1.29 is 18.7 Å². The van der Waals surface area contributed by atoms with E-state index in [0.717, 1.165) is 16.9 Å². The normalized spacial score (nSPS) is 11.1. The highest BCUT2D eigenvalue weighted by molar-refractivity contribution is 5.94. The molecule has 1 amide bonds. The van der Waals surface area contributed by atoms with Gasteiger partial charge in [0.25, 0.3) is 0 Å². The second-order valence-electron chi connectivity index (χ2n) is 6.29. The average Bonchev–Trinajstić information content (AvgIpc) is 2.71. The van der Waals surface area contributed by atoms with Gasteiger partial charge in [-0.15, -0.1) is 0 Å². The summed E-state index contributed by atoms with van der Waals surface area (Å²) in [6, 6.07) is 11.5. The quantitative estimate of drug-likeness (QED) is 0.341. The average molecular weight is 402 g/mol. The third kappa shape index (κ3) is 7.79. The van der Waals surface area contributed by atoms with E-state index >= 15 is 0 Å². The van der Waals surface area contributed by atoms with Crippen LogP contribution >= 0.6 is 0 Å². The second kappa shape index (κ2) is 11.7. The summed E-state index contributed by atoms with van der Waals surface area (Å²) in [7, 11) is 3.25. The number of methoxy groups -OCH3 is 1. The number of carbonyl (C=O) groups excluding carboxylic acids is 1. The molecular formula is C21H27FN4O3. The van der Waals surface area contributed by atoms with Crippen LogP contribution in [0.25, 0.3) is 0 Å². The number of carbonyl (C=O) groups is 1. The first-order valence-electron chi connectivity index (χ1n) is 9.23. The first-order chi connectivity index (χ1) is 14.0. The lowest BCUT2D eigenvalue weighted by Gasteiger charge is -2.15. The van der Waals surface area contributed by atoms with E-state index < -0.39 is 0 Å². The van der Waals surface area contributed by atoms with Crippen molar-refractivity contribution in [3.05, 3.63) is 59.4 Å². The zero-order valence-electron chi connectivity index (χ0n) is 16.9. The number of guanidine groups is 1. The van der Waals surface area contributed by atoms with Crippen molar-refractivity contribution in [3.8, 4) is 5.75 Å². The number of halogens is 1. The van der Waals surface area contributed by atoms with E-state index in [1.807, 2.05) is 25.1 Å². The molecule has 0 aromatic heterocycles. The van der Waals surface area contributed by atoms with E-state index in [9.17, 15) is 9.18 Å². The summed E-state index contributed by atoms with van der Waals surface area (Å²) in [5.74, 6) is 0.632. The number of ether oxygens (including phenoxy) is 2. The van der Waals surface area contributed by atoms with E-state index in [0.29, 0.717) is 31.4 Å². The van der Waals surface area contributed by atoms with E-state index in [1.165, 1.54) is 24.3 Å². The molecule has 8 heteroatoms. The molecule has 0 saturated carbocycles. The molecule has 3 N–H and O–H groups in total. The monoisotopic (exact) mass is 402 g/mol.